The summed E-state index contributed by atoms with van der Waals surface area (Å²) in [5, 5.41) is 0. The third-order valence-electron chi connectivity index (χ3n) is 12.5. The molecule has 1 atom stereocenters. The predicted molar refractivity (Wildman–Crippen MR) is 261 cm³/mol. The number of hydrogen-bond donors (Lipinski definition) is 0. The number of carbonyl (C=O) groups excluding carboxylic acids is 3. The van der Waals surface area contributed by atoms with E-state index in [1.807, 2.05) is 0 Å². The summed E-state index contributed by atoms with van der Waals surface area (Å²) in [6, 6.07) is 0. The summed E-state index contributed by atoms with van der Waals surface area (Å²) in [5.74, 6) is 0.00955. The van der Waals surface area contributed by atoms with Crippen LogP contribution in [-0.4, -0.2) is 37.2 Å². The molecule has 0 rings (SSSR count). The number of carbonyl (C=O) groups is 3. The maximum absolute atomic E-state index is 12.8. The summed E-state index contributed by atoms with van der Waals surface area (Å²) in [4.78, 5) is 38.0. The quantitative estimate of drug-likeness (QED) is 0.0344. The van der Waals surface area contributed by atoms with Crippen molar-refractivity contribution in [3.63, 3.8) is 0 Å². The summed E-state index contributed by atoms with van der Waals surface area (Å²) < 4.78 is 16.8. The van der Waals surface area contributed by atoms with Crippen molar-refractivity contribution in [3.8, 4) is 0 Å². The van der Waals surface area contributed by atoms with Gasteiger partial charge >= 0.3 is 17.9 Å². The Hall–Kier alpha value is -1.59. The average Bonchev–Trinajstić information content (AvgIpc) is 3.24. The zero-order valence-corrected chi connectivity index (χ0v) is 41.6. The van der Waals surface area contributed by atoms with Crippen molar-refractivity contribution in [1.82, 2.24) is 0 Å². The van der Waals surface area contributed by atoms with Crippen LogP contribution in [0.3, 0.4) is 0 Å². The summed E-state index contributed by atoms with van der Waals surface area (Å²) in [6.07, 6.45) is 52.3. The molecule has 0 saturated heterocycles. The first kappa shape index (κ1) is 59.4. The van der Waals surface area contributed by atoms with Gasteiger partial charge in [0.05, 0.1) is 0 Å². The number of ether oxygens (including phenoxy) is 3. The predicted octanol–water partition coefficient (Wildman–Crippen LogP) is 17.8. The van der Waals surface area contributed by atoms with Crippen LogP contribution in [0.2, 0.25) is 0 Å². The van der Waals surface area contributed by atoms with Gasteiger partial charge in [0, 0.05) is 19.3 Å². The molecule has 0 aromatic rings. The largest absolute Gasteiger partial charge is 0.462 e. The van der Waals surface area contributed by atoms with Crippen LogP contribution in [0, 0.1) is 5.92 Å². The fourth-order valence-corrected chi connectivity index (χ4v) is 8.39. The van der Waals surface area contributed by atoms with E-state index < -0.39 is 6.10 Å². The molecule has 0 aliphatic carbocycles. The van der Waals surface area contributed by atoms with Gasteiger partial charge in [0.2, 0.25) is 0 Å². The van der Waals surface area contributed by atoms with Crippen LogP contribution in [0.25, 0.3) is 0 Å². The Labute approximate surface area is 380 Å². The molecule has 0 saturated carbocycles. The Bertz CT molecular complexity index is 918. The number of esters is 3. The Balaban J connectivity index is 4.26. The first-order chi connectivity index (χ1) is 29.9. The summed E-state index contributed by atoms with van der Waals surface area (Å²) in [7, 11) is 0. The Morgan fingerprint density at radius 2 is 0.541 bits per heavy atom. The van der Waals surface area contributed by atoms with Crippen LogP contribution in [0.1, 0.15) is 310 Å². The van der Waals surface area contributed by atoms with E-state index >= 15 is 0 Å². The fraction of sp³-hybridized carbons (Fsp3) is 0.945. The second-order valence-corrected chi connectivity index (χ2v) is 19.3. The lowest BCUT2D eigenvalue weighted by Crippen LogP contribution is -2.30. The molecule has 0 heterocycles. The lowest BCUT2D eigenvalue weighted by Gasteiger charge is -2.18. The van der Waals surface area contributed by atoms with Gasteiger partial charge in [0.15, 0.2) is 6.10 Å². The Morgan fingerprint density at radius 1 is 0.311 bits per heavy atom. The minimum Gasteiger partial charge on any atom is -0.462 e. The molecule has 0 spiro atoms. The first-order valence-corrected chi connectivity index (χ1v) is 27.4. The highest BCUT2D eigenvalue weighted by Gasteiger charge is 2.19. The van der Waals surface area contributed by atoms with Gasteiger partial charge in [-0.1, -0.05) is 272 Å². The molecule has 0 amide bonds. The molecule has 0 aromatic carbocycles. The molecule has 6 nitrogen and oxygen atoms in total. The van der Waals surface area contributed by atoms with Crippen LogP contribution in [0.5, 0.6) is 0 Å². The van der Waals surface area contributed by atoms with Gasteiger partial charge in [-0.25, -0.2) is 0 Å². The van der Waals surface area contributed by atoms with Crippen molar-refractivity contribution < 1.29 is 28.6 Å². The van der Waals surface area contributed by atoms with E-state index in [2.05, 4.69) is 27.7 Å². The van der Waals surface area contributed by atoms with Crippen LogP contribution in [0.15, 0.2) is 0 Å². The average molecular weight is 863 g/mol. The molecule has 0 unspecified atom stereocenters. The maximum atomic E-state index is 12.8. The minimum absolute atomic E-state index is 0.0622. The molecule has 61 heavy (non-hydrogen) atoms. The number of hydrogen-bond acceptors (Lipinski definition) is 6. The first-order valence-electron chi connectivity index (χ1n) is 27.4. The van der Waals surface area contributed by atoms with Gasteiger partial charge < -0.3 is 14.2 Å². The monoisotopic (exact) mass is 863 g/mol. The van der Waals surface area contributed by atoms with Crippen LogP contribution >= 0.6 is 0 Å². The molecule has 6 heteroatoms. The highest BCUT2D eigenvalue weighted by Crippen LogP contribution is 2.17. The van der Waals surface area contributed by atoms with E-state index in [9.17, 15) is 14.4 Å². The fourth-order valence-electron chi connectivity index (χ4n) is 8.39. The van der Waals surface area contributed by atoms with E-state index in [0.717, 1.165) is 63.7 Å². The number of rotatable bonds is 50. The molecular formula is C55H106O6. The van der Waals surface area contributed by atoms with E-state index in [-0.39, 0.29) is 31.1 Å². The molecule has 0 aromatic heterocycles. The Morgan fingerprint density at radius 3 is 0.803 bits per heavy atom. The summed E-state index contributed by atoms with van der Waals surface area (Å²) in [5.41, 5.74) is 0. The van der Waals surface area contributed by atoms with Gasteiger partial charge in [-0.2, -0.15) is 0 Å². The van der Waals surface area contributed by atoms with Crippen molar-refractivity contribution in [1.29, 1.82) is 0 Å². The van der Waals surface area contributed by atoms with Gasteiger partial charge in [-0.3, -0.25) is 14.4 Å². The summed E-state index contributed by atoms with van der Waals surface area (Å²) in [6.45, 7) is 9.05. The van der Waals surface area contributed by atoms with Crippen LogP contribution in [0.4, 0.5) is 0 Å². The van der Waals surface area contributed by atoms with E-state index in [1.165, 1.54) is 205 Å². The lowest BCUT2D eigenvalue weighted by molar-refractivity contribution is -0.167. The standard InChI is InChI=1S/C55H106O6/c1-5-7-9-11-13-15-17-22-27-30-34-38-42-46-53(56)59-49-52(61-55(58)48-44-40-36-32-26-18-16-14-12-10-8-6-2)50-60-54(57)47-43-39-35-31-28-24-21-19-20-23-25-29-33-37-41-45-51(3)4/h51-52H,5-50H2,1-4H3/t52-/m1/s1. The van der Waals surface area contributed by atoms with Gasteiger partial charge in [-0.05, 0) is 25.2 Å². The molecular weight excluding hydrogens is 757 g/mol. The zero-order chi connectivity index (χ0) is 44.5. The van der Waals surface area contributed by atoms with E-state index in [0.29, 0.717) is 19.3 Å². The molecule has 0 N–H and O–H groups in total. The Kier molecular flexibility index (Phi) is 48.1. The SMILES string of the molecule is CCCCCCCCCCCCCCCC(=O)OC[C@H](COC(=O)CCCCCCCCCCCCCCCCCC(C)C)OC(=O)CCCCCCCCCCCCCC. The van der Waals surface area contributed by atoms with Gasteiger partial charge in [0.1, 0.15) is 13.2 Å². The van der Waals surface area contributed by atoms with Gasteiger partial charge in [-0.15, -0.1) is 0 Å². The van der Waals surface area contributed by atoms with Crippen molar-refractivity contribution in [2.75, 3.05) is 13.2 Å². The van der Waals surface area contributed by atoms with Crippen molar-refractivity contribution in [2.45, 2.75) is 316 Å². The highest BCUT2D eigenvalue weighted by atomic mass is 16.6. The minimum atomic E-state index is -0.760. The zero-order valence-electron chi connectivity index (χ0n) is 41.6. The molecule has 0 aliphatic rings. The summed E-state index contributed by atoms with van der Waals surface area (Å²) >= 11 is 0. The second-order valence-electron chi connectivity index (χ2n) is 19.3. The normalized spacial score (nSPS) is 12.0. The van der Waals surface area contributed by atoms with E-state index in [1.54, 1.807) is 0 Å². The molecule has 0 bridgehead atoms. The molecule has 0 aliphatic heterocycles. The van der Waals surface area contributed by atoms with Crippen LogP contribution < -0.4 is 0 Å². The van der Waals surface area contributed by atoms with Crippen LogP contribution in [-0.2, 0) is 28.6 Å². The van der Waals surface area contributed by atoms with Crippen molar-refractivity contribution in [3.05, 3.63) is 0 Å². The highest BCUT2D eigenvalue weighted by molar-refractivity contribution is 5.71. The van der Waals surface area contributed by atoms with Gasteiger partial charge in [0.25, 0.3) is 0 Å². The van der Waals surface area contributed by atoms with E-state index in [4.69, 9.17) is 14.2 Å². The number of unbranched alkanes of at least 4 members (excludes halogenated alkanes) is 37. The topological polar surface area (TPSA) is 78.9 Å². The second kappa shape index (κ2) is 49.4. The van der Waals surface area contributed by atoms with Crippen molar-refractivity contribution >= 4 is 17.9 Å². The third-order valence-corrected chi connectivity index (χ3v) is 12.5. The maximum Gasteiger partial charge on any atom is 0.306 e. The van der Waals surface area contributed by atoms with Crippen molar-refractivity contribution in [2.24, 2.45) is 5.92 Å². The molecule has 362 valence electrons. The third kappa shape index (κ3) is 49.3. The lowest BCUT2D eigenvalue weighted by atomic mass is 10.0. The molecule has 0 radical (unpaired) electrons. The molecule has 0 fully saturated rings. The smallest absolute Gasteiger partial charge is 0.306 e.